The highest BCUT2D eigenvalue weighted by molar-refractivity contribution is 5.79. The van der Waals surface area contributed by atoms with Gasteiger partial charge in [0.05, 0.1) is 19.2 Å². The number of benzene rings is 1. The minimum absolute atomic E-state index is 0.0231. The van der Waals surface area contributed by atoms with E-state index in [1.165, 1.54) is 24.8 Å². The van der Waals surface area contributed by atoms with Crippen molar-refractivity contribution in [2.24, 2.45) is 5.92 Å². The highest BCUT2D eigenvalue weighted by Gasteiger charge is 2.34. The smallest absolute Gasteiger partial charge is 0.226 e. The summed E-state index contributed by atoms with van der Waals surface area (Å²) in [6, 6.07) is 10.4. The zero-order valence-electron chi connectivity index (χ0n) is 12.8. The Hall–Kier alpha value is -1.35. The van der Waals surface area contributed by atoms with E-state index in [0.29, 0.717) is 19.1 Å². The molecule has 1 amide bonds. The normalized spacial score (nSPS) is 27.6. The summed E-state index contributed by atoms with van der Waals surface area (Å²) >= 11 is 0. The molecule has 2 atom stereocenters. The Labute approximate surface area is 127 Å². The third-order valence-corrected chi connectivity index (χ3v) is 4.84. The van der Waals surface area contributed by atoms with Gasteiger partial charge in [-0.1, -0.05) is 49.6 Å². The van der Waals surface area contributed by atoms with Gasteiger partial charge in [0.25, 0.3) is 0 Å². The number of morpholine rings is 1. The van der Waals surface area contributed by atoms with Crippen molar-refractivity contribution < 1.29 is 9.53 Å². The van der Waals surface area contributed by atoms with Gasteiger partial charge < -0.3 is 9.64 Å². The van der Waals surface area contributed by atoms with Crippen LogP contribution in [-0.2, 0) is 9.53 Å². The third-order valence-electron chi connectivity index (χ3n) is 4.84. The zero-order valence-corrected chi connectivity index (χ0v) is 12.8. The number of carbonyl (C=O) groups excluding carboxylic acids is 1. The molecule has 3 rings (SSSR count). The number of carbonyl (C=O) groups is 1. The SMILES string of the molecule is CC1COC(c2ccccc2)CN1C(=O)C1CCCCC1. The third kappa shape index (κ3) is 3.29. The van der Waals surface area contributed by atoms with Crippen LogP contribution in [0.1, 0.15) is 50.7 Å². The van der Waals surface area contributed by atoms with Gasteiger partial charge in [-0.3, -0.25) is 4.79 Å². The van der Waals surface area contributed by atoms with Gasteiger partial charge >= 0.3 is 0 Å². The lowest BCUT2D eigenvalue weighted by atomic mass is 9.87. The van der Waals surface area contributed by atoms with Gasteiger partial charge in [0.1, 0.15) is 6.10 Å². The van der Waals surface area contributed by atoms with Crippen LogP contribution in [0.25, 0.3) is 0 Å². The van der Waals surface area contributed by atoms with Crippen molar-refractivity contribution in [1.29, 1.82) is 0 Å². The molecule has 2 fully saturated rings. The molecule has 0 bridgehead atoms. The molecule has 1 aromatic carbocycles. The van der Waals surface area contributed by atoms with Crippen LogP contribution in [0.3, 0.4) is 0 Å². The van der Waals surface area contributed by atoms with Crippen LogP contribution in [0, 0.1) is 5.92 Å². The van der Waals surface area contributed by atoms with Crippen molar-refractivity contribution in [3.8, 4) is 0 Å². The van der Waals surface area contributed by atoms with Crippen LogP contribution in [0.2, 0.25) is 0 Å². The van der Waals surface area contributed by atoms with E-state index in [-0.39, 0.29) is 18.1 Å². The Morgan fingerprint density at radius 3 is 2.57 bits per heavy atom. The summed E-state index contributed by atoms with van der Waals surface area (Å²) in [5.74, 6) is 0.599. The molecule has 1 heterocycles. The lowest BCUT2D eigenvalue weighted by Gasteiger charge is -2.40. The highest BCUT2D eigenvalue weighted by atomic mass is 16.5. The van der Waals surface area contributed by atoms with E-state index in [1.807, 2.05) is 18.2 Å². The van der Waals surface area contributed by atoms with Crippen LogP contribution in [0.4, 0.5) is 0 Å². The molecule has 1 aliphatic carbocycles. The second kappa shape index (κ2) is 6.61. The van der Waals surface area contributed by atoms with Gasteiger partial charge in [-0.2, -0.15) is 0 Å². The molecule has 114 valence electrons. The second-order valence-electron chi connectivity index (χ2n) is 6.41. The first kappa shape index (κ1) is 14.6. The van der Waals surface area contributed by atoms with Gasteiger partial charge in [-0.25, -0.2) is 0 Å². The fourth-order valence-corrected chi connectivity index (χ4v) is 3.52. The first-order chi connectivity index (χ1) is 10.3. The monoisotopic (exact) mass is 287 g/mol. The number of amides is 1. The molecule has 21 heavy (non-hydrogen) atoms. The molecule has 3 nitrogen and oxygen atoms in total. The molecular formula is C18H25NO2. The summed E-state index contributed by atoms with van der Waals surface area (Å²) in [5, 5.41) is 0. The minimum atomic E-state index is 0.0231. The lowest BCUT2D eigenvalue weighted by Crippen LogP contribution is -2.50. The highest BCUT2D eigenvalue weighted by Crippen LogP contribution is 2.30. The van der Waals surface area contributed by atoms with E-state index in [2.05, 4.69) is 24.0 Å². The number of ether oxygens (including phenoxy) is 1. The minimum Gasteiger partial charge on any atom is -0.370 e. The molecule has 2 aliphatic rings. The quantitative estimate of drug-likeness (QED) is 0.832. The van der Waals surface area contributed by atoms with E-state index >= 15 is 0 Å². The van der Waals surface area contributed by atoms with Crippen LogP contribution in [-0.4, -0.2) is 30.0 Å². The lowest BCUT2D eigenvalue weighted by molar-refractivity contribution is -0.149. The van der Waals surface area contributed by atoms with E-state index in [4.69, 9.17) is 4.74 Å². The summed E-state index contributed by atoms with van der Waals surface area (Å²) in [6.45, 7) is 3.43. The Morgan fingerprint density at radius 1 is 1.14 bits per heavy atom. The molecule has 3 heteroatoms. The van der Waals surface area contributed by atoms with Crippen molar-refractivity contribution in [3.05, 3.63) is 35.9 Å². The molecule has 2 unspecified atom stereocenters. The van der Waals surface area contributed by atoms with E-state index in [9.17, 15) is 4.79 Å². The van der Waals surface area contributed by atoms with Crippen LogP contribution in [0.15, 0.2) is 30.3 Å². The van der Waals surface area contributed by atoms with Crippen LogP contribution >= 0.6 is 0 Å². The van der Waals surface area contributed by atoms with Gasteiger partial charge in [-0.15, -0.1) is 0 Å². The maximum atomic E-state index is 12.8. The first-order valence-corrected chi connectivity index (χ1v) is 8.22. The van der Waals surface area contributed by atoms with E-state index in [1.54, 1.807) is 0 Å². The molecule has 0 aromatic heterocycles. The maximum absolute atomic E-state index is 12.8. The summed E-state index contributed by atoms with van der Waals surface area (Å²) < 4.78 is 5.95. The molecular weight excluding hydrogens is 262 g/mol. The molecule has 1 saturated carbocycles. The largest absolute Gasteiger partial charge is 0.370 e. The number of rotatable bonds is 2. The van der Waals surface area contributed by atoms with Crippen molar-refractivity contribution in [3.63, 3.8) is 0 Å². The predicted octanol–water partition coefficient (Wildman–Crippen LogP) is 3.56. The fourth-order valence-electron chi connectivity index (χ4n) is 3.52. The number of hydrogen-bond donors (Lipinski definition) is 0. The van der Waals surface area contributed by atoms with Gasteiger partial charge in [-0.05, 0) is 25.3 Å². The average Bonchev–Trinajstić information content (AvgIpc) is 2.56. The molecule has 1 saturated heterocycles. The Kier molecular flexibility index (Phi) is 4.59. The van der Waals surface area contributed by atoms with Gasteiger partial charge in [0, 0.05) is 5.92 Å². The maximum Gasteiger partial charge on any atom is 0.226 e. The average molecular weight is 287 g/mol. The summed E-state index contributed by atoms with van der Waals surface area (Å²) in [5.41, 5.74) is 1.17. The van der Waals surface area contributed by atoms with E-state index < -0.39 is 0 Å². The first-order valence-electron chi connectivity index (χ1n) is 8.22. The van der Waals surface area contributed by atoms with Gasteiger partial charge in [0.2, 0.25) is 5.91 Å². The molecule has 1 aliphatic heterocycles. The van der Waals surface area contributed by atoms with E-state index in [0.717, 1.165) is 12.8 Å². The van der Waals surface area contributed by atoms with Crippen LogP contribution in [0.5, 0.6) is 0 Å². The second-order valence-corrected chi connectivity index (χ2v) is 6.41. The number of hydrogen-bond acceptors (Lipinski definition) is 2. The zero-order chi connectivity index (χ0) is 14.7. The standard InChI is InChI=1S/C18H25NO2/c1-14-13-21-17(15-8-4-2-5-9-15)12-19(14)18(20)16-10-6-3-7-11-16/h2,4-5,8-9,14,16-17H,3,6-7,10-13H2,1H3. The summed E-state index contributed by atoms with van der Waals surface area (Å²) in [6.07, 6.45) is 5.86. The molecule has 1 aromatic rings. The van der Waals surface area contributed by atoms with Crippen molar-refractivity contribution in [2.45, 2.75) is 51.2 Å². The molecule has 0 N–H and O–H groups in total. The molecule has 0 radical (unpaired) electrons. The van der Waals surface area contributed by atoms with Crippen LogP contribution < -0.4 is 0 Å². The Morgan fingerprint density at radius 2 is 1.86 bits per heavy atom. The summed E-state index contributed by atoms with van der Waals surface area (Å²) in [7, 11) is 0. The predicted molar refractivity (Wildman–Crippen MR) is 82.9 cm³/mol. The molecule has 0 spiro atoms. The van der Waals surface area contributed by atoms with Gasteiger partial charge in [0.15, 0.2) is 0 Å². The van der Waals surface area contributed by atoms with Crippen molar-refractivity contribution in [1.82, 2.24) is 4.90 Å². The Bertz CT molecular complexity index is 467. The topological polar surface area (TPSA) is 29.5 Å². The Balaban J connectivity index is 1.69. The summed E-state index contributed by atoms with van der Waals surface area (Å²) in [4.78, 5) is 14.9. The fraction of sp³-hybridized carbons (Fsp3) is 0.611. The van der Waals surface area contributed by atoms with Crippen molar-refractivity contribution >= 4 is 5.91 Å². The number of nitrogens with zero attached hydrogens (tertiary/aromatic N) is 1. The van der Waals surface area contributed by atoms with Crippen molar-refractivity contribution in [2.75, 3.05) is 13.2 Å².